The van der Waals surface area contributed by atoms with Gasteiger partial charge < -0.3 is 9.64 Å². The minimum Gasteiger partial charge on any atom is -0.371 e. The molecular formula is C20H27FN2O2. The number of ether oxygens (including phenoxy) is 1. The third-order valence-corrected chi connectivity index (χ3v) is 5.72. The number of morpholine rings is 1. The number of halogens is 1. The van der Waals surface area contributed by atoms with Crippen LogP contribution in [0.15, 0.2) is 24.3 Å². The molecule has 3 fully saturated rings. The molecule has 136 valence electrons. The van der Waals surface area contributed by atoms with Crippen molar-refractivity contribution in [2.45, 2.75) is 50.8 Å². The Bertz CT molecular complexity index is 613. The molecule has 4 nitrogen and oxygen atoms in total. The highest BCUT2D eigenvalue weighted by atomic mass is 19.1. The van der Waals surface area contributed by atoms with E-state index in [0.717, 1.165) is 24.9 Å². The normalized spacial score (nSPS) is 25.6. The van der Waals surface area contributed by atoms with Gasteiger partial charge >= 0.3 is 0 Å². The molecule has 25 heavy (non-hydrogen) atoms. The quantitative estimate of drug-likeness (QED) is 0.794. The molecule has 2 aliphatic carbocycles. The van der Waals surface area contributed by atoms with Crippen molar-refractivity contribution in [2.75, 3.05) is 26.2 Å². The molecule has 1 aliphatic heterocycles. The Balaban J connectivity index is 1.37. The summed E-state index contributed by atoms with van der Waals surface area (Å²) in [5, 5.41) is 0. The third kappa shape index (κ3) is 4.04. The number of hydrogen-bond donors (Lipinski definition) is 0. The van der Waals surface area contributed by atoms with Crippen LogP contribution in [-0.4, -0.2) is 54.0 Å². The first-order valence-electron chi connectivity index (χ1n) is 9.52. The lowest BCUT2D eigenvalue weighted by Gasteiger charge is -2.36. The summed E-state index contributed by atoms with van der Waals surface area (Å²) in [5.74, 6) is 0.739. The number of rotatable bonds is 6. The van der Waals surface area contributed by atoms with E-state index in [1.54, 1.807) is 12.1 Å². The summed E-state index contributed by atoms with van der Waals surface area (Å²) < 4.78 is 19.0. The molecule has 2 atom stereocenters. The van der Waals surface area contributed by atoms with Gasteiger partial charge in [0.1, 0.15) is 5.82 Å². The minimum atomic E-state index is -0.235. The van der Waals surface area contributed by atoms with Gasteiger partial charge in [-0.25, -0.2) is 4.39 Å². The van der Waals surface area contributed by atoms with Crippen molar-refractivity contribution < 1.29 is 13.9 Å². The highest BCUT2D eigenvalue weighted by Gasteiger charge is 2.42. The molecule has 0 aromatic heterocycles. The smallest absolute Gasteiger partial charge is 0.237 e. The summed E-state index contributed by atoms with van der Waals surface area (Å²) in [7, 11) is 0. The van der Waals surface area contributed by atoms with Gasteiger partial charge in [0.2, 0.25) is 5.91 Å². The van der Waals surface area contributed by atoms with E-state index in [1.165, 1.54) is 25.0 Å². The Morgan fingerprint density at radius 3 is 2.64 bits per heavy atom. The van der Waals surface area contributed by atoms with Crippen molar-refractivity contribution in [3.63, 3.8) is 0 Å². The van der Waals surface area contributed by atoms with E-state index < -0.39 is 0 Å². The Labute approximate surface area is 148 Å². The molecule has 1 saturated heterocycles. The molecule has 0 unspecified atom stereocenters. The van der Waals surface area contributed by atoms with Crippen LogP contribution in [0, 0.1) is 11.7 Å². The van der Waals surface area contributed by atoms with Crippen LogP contribution >= 0.6 is 0 Å². The van der Waals surface area contributed by atoms with E-state index in [2.05, 4.69) is 16.7 Å². The molecule has 1 amide bonds. The first-order chi connectivity index (χ1) is 12.1. The van der Waals surface area contributed by atoms with Crippen LogP contribution < -0.4 is 0 Å². The zero-order valence-electron chi connectivity index (χ0n) is 14.9. The fourth-order valence-corrected chi connectivity index (χ4v) is 3.92. The van der Waals surface area contributed by atoms with E-state index in [4.69, 9.17) is 4.74 Å². The molecular weight excluding hydrogens is 319 g/mol. The molecule has 0 spiro atoms. The number of hydrogen-bond acceptors (Lipinski definition) is 3. The van der Waals surface area contributed by atoms with E-state index in [0.29, 0.717) is 37.7 Å². The largest absolute Gasteiger partial charge is 0.371 e. The molecule has 2 saturated carbocycles. The van der Waals surface area contributed by atoms with Crippen LogP contribution in [0.4, 0.5) is 4.39 Å². The first-order valence-corrected chi connectivity index (χ1v) is 9.52. The highest BCUT2D eigenvalue weighted by Crippen LogP contribution is 2.39. The summed E-state index contributed by atoms with van der Waals surface area (Å²) in [4.78, 5) is 17.3. The number of amides is 1. The third-order valence-electron chi connectivity index (χ3n) is 5.72. The van der Waals surface area contributed by atoms with Crippen molar-refractivity contribution in [1.29, 1.82) is 0 Å². The monoisotopic (exact) mass is 346 g/mol. The molecule has 0 radical (unpaired) electrons. The van der Waals surface area contributed by atoms with Gasteiger partial charge in [0.15, 0.2) is 0 Å². The number of carbonyl (C=O) groups is 1. The van der Waals surface area contributed by atoms with Crippen molar-refractivity contribution in [3.8, 4) is 0 Å². The van der Waals surface area contributed by atoms with Gasteiger partial charge in [-0.1, -0.05) is 12.1 Å². The molecule has 1 aromatic rings. The highest BCUT2D eigenvalue weighted by molar-refractivity contribution is 5.79. The van der Waals surface area contributed by atoms with Crippen molar-refractivity contribution in [3.05, 3.63) is 35.6 Å². The molecule has 0 N–H and O–H groups in total. The molecule has 1 heterocycles. The second-order valence-corrected chi connectivity index (χ2v) is 7.76. The van der Waals surface area contributed by atoms with Crippen molar-refractivity contribution >= 4 is 5.91 Å². The Morgan fingerprint density at radius 1 is 1.28 bits per heavy atom. The second kappa shape index (κ2) is 7.04. The number of nitrogens with zero attached hydrogens (tertiary/aromatic N) is 2. The van der Waals surface area contributed by atoms with Gasteiger partial charge in [-0.05, 0) is 56.2 Å². The average Bonchev–Trinajstić information content (AvgIpc) is 3.48. The van der Waals surface area contributed by atoms with Crippen molar-refractivity contribution in [1.82, 2.24) is 9.80 Å². The number of carbonyl (C=O) groups excluding carboxylic acids is 1. The predicted molar refractivity (Wildman–Crippen MR) is 93.6 cm³/mol. The Kier molecular flexibility index (Phi) is 4.78. The maximum absolute atomic E-state index is 13.1. The minimum absolute atomic E-state index is 0.0858. The lowest BCUT2D eigenvalue weighted by atomic mass is 10.1. The fraction of sp³-hybridized carbons (Fsp3) is 0.650. The van der Waals surface area contributed by atoms with Gasteiger partial charge in [-0.15, -0.1) is 0 Å². The zero-order chi connectivity index (χ0) is 17.4. The maximum Gasteiger partial charge on any atom is 0.237 e. The maximum atomic E-state index is 13.1. The first kappa shape index (κ1) is 17.0. The molecule has 4 rings (SSSR count). The van der Waals surface area contributed by atoms with Crippen LogP contribution in [-0.2, 0) is 9.53 Å². The van der Waals surface area contributed by atoms with E-state index >= 15 is 0 Å². The van der Waals surface area contributed by atoms with Crippen LogP contribution in [0.3, 0.4) is 0 Å². The van der Waals surface area contributed by atoms with Crippen LogP contribution in [0.1, 0.15) is 44.3 Å². The molecule has 5 heteroatoms. The average molecular weight is 346 g/mol. The van der Waals surface area contributed by atoms with E-state index in [-0.39, 0.29) is 17.8 Å². The SMILES string of the molecule is C[C@@H](C1CC1)N(C(=O)CN1CCO[C@H](c2ccc(F)cc2)C1)C1CC1. The summed E-state index contributed by atoms with van der Waals surface area (Å²) in [6.07, 6.45) is 4.76. The standard InChI is InChI=1S/C20H27FN2O2/c1-14(15-2-3-15)23(18-8-9-18)20(24)13-22-10-11-25-19(12-22)16-4-6-17(21)7-5-16/h4-7,14-15,18-19H,2-3,8-13H2,1H3/t14-,19-/m0/s1. The zero-order valence-corrected chi connectivity index (χ0v) is 14.9. The molecule has 1 aromatic carbocycles. The Morgan fingerprint density at radius 2 is 2.00 bits per heavy atom. The van der Waals surface area contributed by atoms with Gasteiger partial charge in [-0.3, -0.25) is 9.69 Å². The fourth-order valence-electron chi connectivity index (χ4n) is 3.92. The summed E-state index contributed by atoms with van der Waals surface area (Å²) in [6, 6.07) is 7.34. The lowest BCUT2D eigenvalue weighted by molar-refractivity contribution is -0.137. The molecule has 3 aliphatic rings. The van der Waals surface area contributed by atoms with Gasteiger partial charge in [0.05, 0.1) is 19.3 Å². The van der Waals surface area contributed by atoms with Crippen LogP contribution in [0.25, 0.3) is 0 Å². The van der Waals surface area contributed by atoms with Gasteiger partial charge in [0.25, 0.3) is 0 Å². The lowest BCUT2D eigenvalue weighted by Crippen LogP contribution is -2.49. The summed E-state index contributed by atoms with van der Waals surface area (Å²) in [6.45, 7) is 4.76. The second-order valence-electron chi connectivity index (χ2n) is 7.76. The topological polar surface area (TPSA) is 32.8 Å². The Hall–Kier alpha value is -1.46. The van der Waals surface area contributed by atoms with E-state index in [9.17, 15) is 9.18 Å². The van der Waals surface area contributed by atoms with Crippen LogP contribution in [0.5, 0.6) is 0 Å². The summed E-state index contributed by atoms with van der Waals surface area (Å²) in [5.41, 5.74) is 0.976. The van der Waals surface area contributed by atoms with Crippen molar-refractivity contribution in [2.24, 2.45) is 5.92 Å². The van der Waals surface area contributed by atoms with Gasteiger partial charge in [0, 0.05) is 25.2 Å². The van der Waals surface area contributed by atoms with Crippen LogP contribution in [0.2, 0.25) is 0 Å². The predicted octanol–water partition coefficient (Wildman–Crippen LogP) is 2.99. The molecule has 0 bridgehead atoms. The van der Waals surface area contributed by atoms with E-state index in [1.807, 2.05) is 0 Å². The number of benzene rings is 1. The van der Waals surface area contributed by atoms with Gasteiger partial charge in [-0.2, -0.15) is 0 Å². The summed E-state index contributed by atoms with van der Waals surface area (Å²) >= 11 is 0.